The zero-order chi connectivity index (χ0) is 22.7. The Balaban J connectivity index is 2.27. The standard InChI is InChI=1S/C19H25N3O6S2/c1-12-5-7-16(8-6-12)29(25,26)22-17(19(23)21-24)11-20-30(27,28)18-14(3)9-13(2)10-15(18)4/h5-10,17,20,22,24H,11H2,1-4H3,(H,21,23). The molecular weight excluding hydrogens is 430 g/mol. The van der Waals surface area contributed by atoms with Crippen molar-refractivity contribution in [3.63, 3.8) is 0 Å². The third-order valence-corrected chi connectivity index (χ3v) is 7.62. The molecule has 11 heteroatoms. The third-order valence-electron chi connectivity index (χ3n) is 4.41. The van der Waals surface area contributed by atoms with Gasteiger partial charge < -0.3 is 0 Å². The number of hydroxylamine groups is 1. The molecule has 2 aromatic rings. The lowest BCUT2D eigenvalue weighted by Gasteiger charge is -2.19. The maximum absolute atomic E-state index is 12.8. The summed E-state index contributed by atoms with van der Waals surface area (Å²) in [4.78, 5) is 11.9. The van der Waals surface area contributed by atoms with E-state index in [0.29, 0.717) is 11.1 Å². The van der Waals surface area contributed by atoms with Crippen molar-refractivity contribution >= 4 is 26.0 Å². The molecule has 2 rings (SSSR count). The van der Waals surface area contributed by atoms with Gasteiger partial charge in [-0.1, -0.05) is 35.4 Å². The van der Waals surface area contributed by atoms with Crippen LogP contribution in [0.25, 0.3) is 0 Å². The van der Waals surface area contributed by atoms with Gasteiger partial charge >= 0.3 is 0 Å². The first-order valence-corrected chi connectivity index (χ1v) is 11.9. The molecule has 0 aromatic heterocycles. The van der Waals surface area contributed by atoms with Crippen LogP contribution in [0.3, 0.4) is 0 Å². The molecular formula is C19H25N3O6S2. The van der Waals surface area contributed by atoms with E-state index in [0.717, 1.165) is 11.1 Å². The van der Waals surface area contributed by atoms with Crippen molar-refractivity contribution in [1.82, 2.24) is 14.9 Å². The fraction of sp³-hybridized carbons (Fsp3) is 0.316. The Morgan fingerprint density at radius 1 is 0.900 bits per heavy atom. The van der Waals surface area contributed by atoms with E-state index < -0.39 is 38.5 Å². The van der Waals surface area contributed by atoms with Crippen LogP contribution in [0.4, 0.5) is 0 Å². The Morgan fingerprint density at radius 3 is 1.93 bits per heavy atom. The summed E-state index contributed by atoms with van der Waals surface area (Å²) in [6.07, 6.45) is 0. The molecule has 0 saturated carbocycles. The van der Waals surface area contributed by atoms with E-state index in [4.69, 9.17) is 5.21 Å². The summed E-state index contributed by atoms with van der Waals surface area (Å²) >= 11 is 0. The van der Waals surface area contributed by atoms with Crippen LogP contribution in [0, 0.1) is 27.7 Å². The fourth-order valence-corrected chi connectivity index (χ4v) is 5.79. The number of rotatable bonds is 8. The first kappa shape index (κ1) is 24.0. The maximum Gasteiger partial charge on any atom is 0.262 e. The minimum Gasteiger partial charge on any atom is -0.289 e. The number of benzene rings is 2. The summed E-state index contributed by atoms with van der Waals surface area (Å²) < 4.78 is 55.1. The van der Waals surface area contributed by atoms with E-state index in [1.165, 1.54) is 17.6 Å². The van der Waals surface area contributed by atoms with E-state index in [1.54, 1.807) is 45.0 Å². The van der Waals surface area contributed by atoms with E-state index in [2.05, 4.69) is 9.44 Å². The van der Waals surface area contributed by atoms with Crippen LogP contribution >= 0.6 is 0 Å². The molecule has 1 amide bonds. The summed E-state index contributed by atoms with van der Waals surface area (Å²) in [5, 5.41) is 8.96. The average Bonchev–Trinajstić information content (AvgIpc) is 2.63. The quantitative estimate of drug-likeness (QED) is 0.346. The first-order chi connectivity index (χ1) is 13.9. The van der Waals surface area contributed by atoms with Gasteiger partial charge in [0.25, 0.3) is 5.91 Å². The highest BCUT2D eigenvalue weighted by Crippen LogP contribution is 2.21. The molecule has 0 aliphatic carbocycles. The van der Waals surface area contributed by atoms with Crippen molar-refractivity contribution in [2.75, 3.05) is 6.54 Å². The van der Waals surface area contributed by atoms with Gasteiger partial charge in [-0.2, -0.15) is 4.72 Å². The fourth-order valence-electron chi connectivity index (χ4n) is 3.09. The van der Waals surface area contributed by atoms with Crippen molar-refractivity contribution in [3.8, 4) is 0 Å². The third kappa shape index (κ3) is 5.64. The molecule has 0 heterocycles. The molecule has 0 saturated heterocycles. The second-order valence-corrected chi connectivity index (χ2v) is 10.5. The number of amides is 1. The molecule has 0 aliphatic heterocycles. The summed E-state index contributed by atoms with van der Waals surface area (Å²) in [7, 11) is -8.19. The van der Waals surface area contributed by atoms with Gasteiger partial charge in [0.05, 0.1) is 9.79 Å². The van der Waals surface area contributed by atoms with Crippen molar-refractivity contribution in [1.29, 1.82) is 0 Å². The van der Waals surface area contributed by atoms with Gasteiger partial charge in [-0.3, -0.25) is 10.0 Å². The second-order valence-electron chi connectivity index (χ2n) is 7.04. The Labute approximate surface area is 176 Å². The lowest BCUT2D eigenvalue weighted by Crippen LogP contribution is -2.52. The van der Waals surface area contributed by atoms with Crippen molar-refractivity contribution in [3.05, 3.63) is 58.7 Å². The summed E-state index contributed by atoms with van der Waals surface area (Å²) in [5.74, 6) is -1.11. The summed E-state index contributed by atoms with van der Waals surface area (Å²) in [5.41, 5.74) is 4.13. The molecule has 4 N–H and O–H groups in total. The summed E-state index contributed by atoms with van der Waals surface area (Å²) in [6, 6.07) is 7.72. The predicted octanol–water partition coefficient (Wildman–Crippen LogP) is 1.05. The number of sulfonamides is 2. The van der Waals surface area contributed by atoms with Crippen LogP contribution in [0.15, 0.2) is 46.2 Å². The number of nitrogens with one attached hydrogen (secondary N) is 3. The predicted molar refractivity (Wildman–Crippen MR) is 111 cm³/mol. The van der Waals surface area contributed by atoms with E-state index >= 15 is 0 Å². The number of carbonyl (C=O) groups is 1. The molecule has 0 spiro atoms. The van der Waals surface area contributed by atoms with Crippen molar-refractivity contribution < 1.29 is 26.8 Å². The normalized spacial score (nSPS) is 13.1. The van der Waals surface area contributed by atoms with Crippen LogP contribution < -0.4 is 14.9 Å². The molecule has 1 unspecified atom stereocenters. The Bertz CT molecular complexity index is 1120. The number of hydrogen-bond donors (Lipinski definition) is 4. The highest BCUT2D eigenvalue weighted by molar-refractivity contribution is 7.90. The van der Waals surface area contributed by atoms with Crippen LogP contribution in [0.5, 0.6) is 0 Å². The van der Waals surface area contributed by atoms with Crippen molar-refractivity contribution in [2.24, 2.45) is 0 Å². The number of aryl methyl sites for hydroxylation is 4. The molecule has 0 bridgehead atoms. The van der Waals surface area contributed by atoms with E-state index in [9.17, 15) is 21.6 Å². The van der Waals surface area contributed by atoms with Crippen LogP contribution in [-0.2, 0) is 24.8 Å². The summed E-state index contributed by atoms with van der Waals surface area (Å²) in [6.45, 7) is 6.31. The minimum absolute atomic E-state index is 0.0534. The number of carbonyl (C=O) groups excluding carboxylic acids is 1. The first-order valence-electron chi connectivity index (χ1n) is 8.98. The molecule has 1 atom stereocenters. The van der Waals surface area contributed by atoms with Crippen molar-refractivity contribution in [2.45, 2.75) is 43.5 Å². The molecule has 0 radical (unpaired) electrons. The molecule has 0 aliphatic rings. The monoisotopic (exact) mass is 455 g/mol. The molecule has 30 heavy (non-hydrogen) atoms. The topological polar surface area (TPSA) is 142 Å². The van der Waals surface area contributed by atoms with Gasteiger partial charge in [0, 0.05) is 6.54 Å². The van der Waals surface area contributed by atoms with E-state index in [-0.39, 0.29) is 9.79 Å². The van der Waals surface area contributed by atoms with E-state index in [1.807, 2.05) is 6.92 Å². The largest absolute Gasteiger partial charge is 0.289 e. The van der Waals surface area contributed by atoms with Crippen LogP contribution in [0.1, 0.15) is 22.3 Å². The molecule has 0 fully saturated rings. The molecule has 164 valence electrons. The molecule has 2 aromatic carbocycles. The lowest BCUT2D eigenvalue weighted by molar-refractivity contribution is -0.130. The zero-order valence-electron chi connectivity index (χ0n) is 17.1. The SMILES string of the molecule is Cc1ccc(S(=O)(=O)NC(CNS(=O)(=O)c2c(C)cc(C)cc2C)C(=O)NO)cc1. The Morgan fingerprint density at radius 2 is 1.43 bits per heavy atom. The van der Waals surface area contributed by atoms with Gasteiger partial charge in [0.1, 0.15) is 6.04 Å². The van der Waals surface area contributed by atoms with Gasteiger partial charge in [0.2, 0.25) is 20.0 Å². The lowest BCUT2D eigenvalue weighted by atomic mass is 10.1. The average molecular weight is 456 g/mol. The van der Waals surface area contributed by atoms with Gasteiger partial charge in [-0.25, -0.2) is 27.0 Å². The Hall–Kier alpha value is -2.31. The van der Waals surface area contributed by atoms with Crippen LogP contribution in [0.2, 0.25) is 0 Å². The second kappa shape index (κ2) is 9.23. The highest BCUT2D eigenvalue weighted by atomic mass is 32.2. The van der Waals surface area contributed by atoms with Gasteiger partial charge in [-0.05, 0) is 51.0 Å². The van der Waals surface area contributed by atoms with Gasteiger partial charge in [0.15, 0.2) is 0 Å². The highest BCUT2D eigenvalue weighted by Gasteiger charge is 2.28. The van der Waals surface area contributed by atoms with Gasteiger partial charge in [-0.15, -0.1) is 0 Å². The molecule has 9 nitrogen and oxygen atoms in total. The minimum atomic E-state index is -4.14. The van der Waals surface area contributed by atoms with Crippen LogP contribution in [-0.4, -0.2) is 40.5 Å². The maximum atomic E-state index is 12.8. The Kier molecular flexibility index (Phi) is 7.37. The zero-order valence-corrected chi connectivity index (χ0v) is 18.7. The number of hydrogen-bond acceptors (Lipinski definition) is 6. The smallest absolute Gasteiger partial charge is 0.262 e.